The molecule has 1 unspecified atom stereocenters. The summed E-state index contributed by atoms with van der Waals surface area (Å²) in [7, 11) is 0. The number of aliphatic hydroxyl groups is 1. The van der Waals surface area contributed by atoms with E-state index in [1.54, 1.807) is 31.2 Å². The summed E-state index contributed by atoms with van der Waals surface area (Å²) in [6, 6.07) is 8.04. The van der Waals surface area contributed by atoms with E-state index in [0.717, 1.165) is 0 Å². The molecule has 0 aliphatic carbocycles. The zero-order valence-corrected chi connectivity index (χ0v) is 20.5. The number of carbonyl (C=O) groups is 2. The van der Waals surface area contributed by atoms with Gasteiger partial charge in [-0.2, -0.15) is 9.97 Å². The molecule has 36 heavy (non-hydrogen) atoms. The number of ketones is 1. The Balaban J connectivity index is 1.59. The highest BCUT2D eigenvalue weighted by molar-refractivity contribution is 6.28. The summed E-state index contributed by atoms with van der Waals surface area (Å²) < 4.78 is 18.6. The molecule has 5 atom stereocenters. The maximum atomic E-state index is 13.0. The molecular formula is C23H27ClN6O6. The number of ether oxygens (including phenoxy) is 3. The van der Waals surface area contributed by atoms with E-state index < -0.39 is 41.8 Å². The number of fused-ring (bicyclic) bond motifs is 1. The van der Waals surface area contributed by atoms with Gasteiger partial charge >= 0.3 is 5.97 Å². The summed E-state index contributed by atoms with van der Waals surface area (Å²) in [6.45, 7) is 2.69. The number of Topliss-reactive ketones (excluding diaryl/α,β-unsaturated/α-hetero) is 1. The van der Waals surface area contributed by atoms with E-state index in [9.17, 15) is 14.7 Å². The fraction of sp³-hybridized carbons (Fsp3) is 0.435. The Morgan fingerprint density at radius 1 is 1.28 bits per heavy atom. The summed E-state index contributed by atoms with van der Waals surface area (Å²) >= 11 is 5.94. The molecular weight excluding hydrogens is 492 g/mol. The van der Waals surface area contributed by atoms with Crippen molar-refractivity contribution in [1.82, 2.24) is 19.5 Å². The maximum absolute atomic E-state index is 13.0. The molecule has 0 bridgehead atoms. The van der Waals surface area contributed by atoms with Gasteiger partial charge in [0.25, 0.3) is 0 Å². The van der Waals surface area contributed by atoms with Crippen LogP contribution < -0.4 is 11.5 Å². The van der Waals surface area contributed by atoms with Gasteiger partial charge in [-0.3, -0.25) is 9.36 Å². The van der Waals surface area contributed by atoms with E-state index in [1.165, 1.54) is 17.8 Å². The molecule has 0 amide bonds. The third-order valence-electron chi connectivity index (χ3n) is 6.09. The first-order valence-electron chi connectivity index (χ1n) is 11.3. The van der Waals surface area contributed by atoms with Gasteiger partial charge < -0.3 is 30.8 Å². The molecule has 2 aromatic heterocycles. The summed E-state index contributed by atoms with van der Waals surface area (Å²) in [4.78, 5) is 37.9. The molecule has 4 rings (SSSR count). The van der Waals surface area contributed by atoms with Crippen LogP contribution in [0.5, 0.6) is 0 Å². The lowest BCUT2D eigenvalue weighted by molar-refractivity contribution is -0.181. The Labute approximate surface area is 211 Å². The third kappa shape index (κ3) is 4.77. The van der Waals surface area contributed by atoms with Gasteiger partial charge in [0.1, 0.15) is 17.7 Å². The Morgan fingerprint density at radius 3 is 2.67 bits per heavy atom. The Hall–Kier alpha value is -3.16. The molecule has 3 heterocycles. The van der Waals surface area contributed by atoms with Crippen molar-refractivity contribution in [3.8, 4) is 0 Å². The number of anilines is 1. The highest BCUT2D eigenvalue weighted by atomic mass is 35.5. The van der Waals surface area contributed by atoms with Gasteiger partial charge in [0.05, 0.1) is 25.6 Å². The maximum Gasteiger partial charge on any atom is 0.346 e. The highest BCUT2D eigenvalue weighted by Gasteiger charge is 2.49. The summed E-state index contributed by atoms with van der Waals surface area (Å²) in [5.74, 6) is -1.27. The molecule has 3 aromatic rings. The number of carbonyl (C=O) groups excluding carboxylic acids is 2. The average molecular weight is 519 g/mol. The molecule has 1 fully saturated rings. The zero-order valence-electron chi connectivity index (χ0n) is 19.7. The number of hydrogen-bond donors (Lipinski definition) is 3. The van der Waals surface area contributed by atoms with Crippen molar-refractivity contribution >= 4 is 40.3 Å². The standard InChI is InChI=1S/C23H27ClN6O6/c1-3-34-21(33)23(12(2)31,9-13-7-5-4-6-8-13)35-10-14-15(25)17(32)20(36-14)30-11-27-16-18(26)28-22(24)29-19(16)30/h4-8,11,14-15,17,20,32H,3,9-10,25H2,1-2H3,(H2,26,28,29)/t14-,15+,17-,20-,23?/m1/s1. The smallest absolute Gasteiger partial charge is 0.346 e. The van der Waals surface area contributed by atoms with Crippen molar-refractivity contribution in [3.63, 3.8) is 0 Å². The zero-order chi connectivity index (χ0) is 26.0. The number of benzene rings is 1. The van der Waals surface area contributed by atoms with Crippen LogP contribution in [0.25, 0.3) is 11.2 Å². The number of hydrogen-bond acceptors (Lipinski definition) is 11. The van der Waals surface area contributed by atoms with Crippen molar-refractivity contribution in [2.45, 2.75) is 50.3 Å². The molecule has 0 spiro atoms. The topological polar surface area (TPSA) is 178 Å². The lowest BCUT2D eigenvalue weighted by Crippen LogP contribution is -2.53. The quantitative estimate of drug-likeness (QED) is 0.207. The van der Waals surface area contributed by atoms with E-state index in [0.29, 0.717) is 5.56 Å². The van der Waals surface area contributed by atoms with Gasteiger partial charge in [-0.05, 0) is 31.0 Å². The van der Waals surface area contributed by atoms with E-state index >= 15 is 0 Å². The summed E-state index contributed by atoms with van der Waals surface area (Å²) in [5, 5.41) is 10.7. The van der Waals surface area contributed by atoms with Crippen LogP contribution in [0.1, 0.15) is 25.6 Å². The molecule has 1 aliphatic heterocycles. The van der Waals surface area contributed by atoms with Crippen LogP contribution >= 0.6 is 11.6 Å². The van der Waals surface area contributed by atoms with Gasteiger partial charge in [-0.25, -0.2) is 9.78 Å². The second-order valence-electron chi connectivity index (χ2n) is 8.41. The minimum Gasteiger partial charge on any atom is -0.463 e. The number of imidazole rings is 1. The Morgan fingerprint density at radius 2 is 2.00 bits per heavy atom. The second kappa shape index (κ2) is 10.4. The van der Waals surface area contributed by atoms with E-state index in [-0.39, 0.29) is 41.9 Å². The number of esters is 1. The molecule has 1 aliphatic rings. The molecule has 1 aromatic carbocycles. The monoisotopic (exact) mass is 518 g/mol. The van der Waals surface area contributed by atoms with Crippen molar-refractivity contribution in [2.24, 2.45) is 5.73 Å². The fourth-order valence-electron chi connectivity index (χ4n) is 4.15. The minimum atomic E-state index is -1.92. The predicted molar refractivity (Wildman–Crippen MR) is 129 cm³/mol. The molecule has 0 radical (unpaired) electrons. The number of aromatic nitrogens is 4. The van der Waals surface area contributed by atoms with Gasteiger partial charge in [-0.15, -0.1) is 0 Å². The molecule has 0 saturated carbocycles. The number of aliphatic hydroxyl groups excluding tert-OH is 1. The van der Waals surface area contributed by atoms with E-state index in [4.69, 9.17) is 37.3 Å². The van der Waals surface area contributed by atoms with Gasteiger partial charge in [-0.1, -0.05) is 30.3 Å². The van der Waals surface area contributed by atoms with Crippen molar-refractivity contribution < 1.29 is 28.9 Å². The van der Waals surface area contributed by atoms with Crippen LogP contribution in [0.3, 0.4) is 0 Å². The third-order valence-corrected chi connectivity index (χ3v) is 6.26. The number of nitrogen functional groups attached to an aromatic ring is 1. The second-order valence-corrected chi connectivity index (χ2v) is 8.75. The largest absolute Gasteiger partial charge is 0.463 e. The lowest BCUT2D eigenvalue weighted by atomic mass is 9.90. The van der Waals surface area contributed by atoms with Gasteiger partial charge in [0.15, 0.2) is 23.5 Å². The van der Waals surface area contributed by atoms with E-state index in [2.05, 4.69) is 15.0 Å². The first kappa shape index (κ1) is 25.9. The number of halogens is 1. The van der Waals surface area contributed by atoms with Gasteiger partial charge in [0, 0.05) is 6.42 Å². The van der Waals surface area contributed by atoms with E-state index in [1.807, 2.05) is 6.07 Å². The van der Waals surface area contributed by atoms with Crippen LogP contribution in [0, 0.1) is 0 Å². The number of rotatable bonds is 9. The van der Waals surface area contributed by atoms with Crippen LogP contribution in [0.15, 0.2) is 36.7 Å². The van der Waals surface area contributed by atoms with Crippen LogP contribution in [-0.4, -0.2) is 73.4 Å². The normalized spacial score (nSPS) is 23.5. The number of nitrogens with two attached hydrogens (primary N) is 2. The van der Waals surface area contributed by atoms with Crippen molar-refractivity contribution in [2.75, 3.05) is 18.9 Å². The van der Waals surface area contributed by atoms with Crippen LogP contribution in [0.4, 0.5) is 5.82 Å². The number of nitrogens with zero attached hydrogens (tertiary/aromatic N) is 4. The summed E-state index contributed by atoms with van der Waals surface area (Å²) in [5.41, 5.74) is 11.4. The van der Waals surface area contributed by atoms with Crippen molar-refractivity contribution in [3.05, 3.63) is 47.5 Å². The fourth-order valence-corrected chi connectivity index (χ4v) is 4.32. The molecule has 5 N–H and O–H groups in total. The molecule has 1 saturated heterocycles. The summed E-state index contributed by atoms with van der Waals surface area (Å²) in [6.07, 6.45) is -1.76. The predicted octanol–water partition coefficient (Wildman–Crippen LogP) is 0.798. The molecule has 12 nitrogen and oxygen atoms in total. The SMILES string of the molecule is CCOC(=O)C(Cc1ccccc1)(OC[C@H]1O[C@@H](n2cnc3c(N)nc(Cl)nc32)[C@H](O)[C@H]1N)C(C)=O. The highest BCUT2D eigenvalue weighted by Crippen LogP contribution is 2.33. The minimum absolute atomic E-state index is 0.0448. The van der Waals surface area contributed by atoms with Gasteiger partial charge in [0.2, 0.25) is 10.9 Å². The molecule has 13 heteroatoms. The van der Waals surface area contributed by atoms with Crippen LogP contribution in [-0.2, 0) is 30.2 Å². The first-order chi connectivity index (χ1) is 17.2. The Kier molecular flexibility index (Phi) is 7.52. The van der Waals surface area contributed by atoms with Crippen molar-refractivity contribution in [1.29, 1.82) is 0 Å². The average Bonchev–Trinajstić information content (AvgIpc) is 3.38. The lowest BCUT2D eigenvalue weighted by Gasteiger charge is -2.31. The first-order valence-corrected chi connectivity index (χ1v) is 11.7. The Bertz CT molecular complexity index is 1260. The van der Waals surface area contributed by atoms with Crippen LogP contribution in [0.2, 0.25) is 5.28 Å². The molecule has 192 valence electrons.